The Morgan fingerprint density at radius 1 is 1.47 bits per heavy atom. The monoisotopic (exact) mass is 233 g/mol. The van der Waals surface area contributed by atoms with Gasteiger partial charge in [-0.05, 0) is 25.5 Å². The Labute approximate surface area is 99.7 Å². The number of carbonyl (C=O) groups is 1. The predicted molar refractivity (Wildman–Crippen MR) is 65.8 cm³/mol. The van der Waals surface area contributed by atoms with Crippen molar-refractivity contribution in [3.05, 3.63) is 30.3 Å². The number of hydrogen-bond acceptors (Lipinski definition) is 4. The van der Waals surface area contributed by atoms with Crippen molar-refractivity contribution in [2.75, 3.05) is 5.12 Å². The first kappa shape index (κ1) is 11.6. The minimum Gasteiger partial charge on any atom is -0.480 e. The van der Waals surface area contributed by atoms with E-state index in [4.69, 9.17) is 0 Å². The molecule has 0 saturated carbocycles. The molecule has 0 bridgehead atoms. The van der Waals surface area contributed by atoms with Gasteiger partial charge in [-0.3, -0.25) is 0 Å². The number of aliphatic carboxylic acids is 1. The molecule has 1 atom stereocenters. The molecule has 1 aliphatic heterocycles. The Morgan fingerprint density at radius 2 is 2.12 bits per heavy atom. The average molecular weight is 233 g/mol. The van der Waals surface area contributed by atoms with Crippen LogP contribution in [-0.2, 0) is 4.79 Å². The number of carboxylic acid groups (broad SMARTS) is 1. The lowest BCUT2D eigenvalue weighted by Crippen LogP contribution is -2.56. The van der Waals surface area contributed by atoms with Crippen molar-refractivity contribution in [1.29, 1.82) is 0 Å². The number of para-hydroxylation sites is 1. The molecule has 1 unspecified atom stereocenters. The third-order valence-corrected chi connectivity index (χ3v) is 3.06. The van der Waals surface area contributed by atoms with Crippen LogP contribution in [0, 0.1) is 0 Å². The van der Waals surface area contributed by atoms with Gasteiger partial charge in [0.1, 0.15) is 0 Å². The zero-order chi connectivity index (χ0) is 12.5. The highest BCUT2D eigenvalue weighted by Gasteiger charge is 2.46. The number of hydrazone groups is 1. The van der Waals surface area contributed by atoms with Crippen molar-refractivity contribution in [2.24, 2.45) is 5.10 Å². The van der Waals surface area contributed by atoms with Crippen LogP contribution in [0.5, 0.6) is 0 Å². The second kappa shape index (κ2) is 4.18. The molecule has 1 aromatic rings. The molecule has 1 heterocycles. The molecule has 0 spiro atoms. The number of benzene rings is 1. The Bertz CT molecular complexity index is 458. The standard InChI is InChI=1S/C12H15N3O2/c1-3-12(11(16)17)9(2)13-15(14-12)10-7-5-4-6-8-10/h4-8,14H,3H2,1-2H3,(H,16,17). The van der Waals surface area contributed by atoms with E-state index in [0.717, 1.165) is 5.69 Å². The second-order valence-corrected chi connectivity index (χ2v) is 4.01. The molecule has 2 N–H and O–H groups in total. The topological polar surface area (TPSA) is 64.9 Å². The molecular formula is C12H15N3O2. The van der Waals surface area contributed by atoms with Crippen molar-refractivity contribution < 1.29 is 9.90 Å². The molecule has 5 heteroatoms. The zero-order valence-corrected chi connectivity index (χ0v) is 9.84. The maximum Gasteiger partial charge on any atom is 0.331 e. The van der Waals surface area contributed by atoms with Crippen molar-refractivity contribution >= 4 is 17.4 Å². The molecule has 0 aromatic heterocycles. The van der Waals surface area contributed by atoms with Gasteiger partial charge in [0.15, 0.2) is 5.54 Å². The number of nitrogens with one attached hydrogen (secondary N) is 1. The van der Waals surface area contributed by atoms with Crippen LogP contribution in [0.3, 0.4) is 0 Å². The molecular weight excluding hydrogens is 218 g/mol. The van der Waals surface area contributed by atoms with E-state index in [2.05, 4.69) is 10.5 Å². The number of nitrogens with zero attached hydrogens (tertiary/aromatic N) is 2. The SMILES string of the molecule is CCC1(C(=O)O)NN(c2ccccc2)N=C1C. The van der Waals surface area contributed by atoms with E-state index in [0.29, 0.717) is 12.1 Å². The van der Waals surface area contributed by atoms with Crippen LogP contribution in [0.15, 0.2) is 35.4 Å². The minimum atomic E-state index is -1.09. The predicted octanol–water partition coefficient (Wildman–Crippen LogP) is 1.62. The quantitative estimate of drug-likeness (QED) is 0.832. The van der Waals surface area contributed by atoms with Gasteiger partial charge in [0.05, 0.1) is 11.4 Å². The van der Waals surface area contributed by atoms with E-state index in [9.17, 15) is 9.90 Å². The molecule has 0 saturated heterocycles. The molecule has 0 radical (unpaired) electrons. The lowest BCUT2D eigenvalue weighted by Gasteiger charge is -2.25. The maximum atomic E-state index is 11.4. The van der Waals surface area contributed by atoms with Crippen LogP contribution < -0.4 is 10.5 Å². The minimum absolute atomic E-state index is 0.445. The lowest BCUT2D eigenvalue weighted by molar-refractivity contribution is -0.141. The molecule has 17 heavy (non-hydrogen) atoms. The summed E-state index contributed by atoms with van der Waals surface area (Å²) in [5, 5.41) is 15.1. The summed E-state index contributed by atoms with van der Waals surface area (Å²) in [6.07, 6.45) is 0.445. The summed E-state index contributed by atoms with van der Waals surface area (Å²) >= 11 is 0. The van der Waals surface area contributed by atoms with E-state index in [1.54, 1.807) is 6.92 Å². The number of anilines is 1. The van der Waals surface area contributed by atoms with E-state index in [-0.39, 0.29) is 0 Å². The summed E-state index contributed by atoms with van der Waals surface area (Å²) in [5.74, 6) is -0.903. The van der Waals surface area contributed by atoms with Gasteiger partial charge in [-0.1, -0.05) is 25.1 Å². The van der Waals surface area contributed by atoms with Crippen LogP contribution in [-0.4, -0.2) is 22.3 Å². The molecule has 0 amide bonds. The first-order chi connectivity index (χ1) is 8.10. The van der Waals surface area contributed by atoms with Crippen molar-refractivity contribution in [1.82, 2.24) is 5.43 Å². The Hall–Kier alpha value is -1.88. The lowest BCUT2D eigenvalue weighted by atomic mass is 9.92. The Kier molecular flexibility index (Phi) is 2.85. The molecule has 2 rings (SSSR count). The van der Waals surface area contributed by atoms with Gasteiger partial charge in [-0.25, -0.2) is 4.79 Å². The summed E-state index contributed by atoms with van der Waals surface area (Å²) in [6, 6.07) is 9.41. The average Bonchev–Trinajstić information content (AvgIpc) is 2.69. The van der Waals surface area contributed by atoms with Crippen LogP contribution >= 0.6 is 0 Å². The summed E-state index contributed by atoms with van der Waals surface area (Å²) in [6.45, 7) is 3.56. The first-order valence-electron chi connectivity index (χ1n) is 5.52. The summed E-state index contributed by atoms with van der Waals surface area (Å²) < 4.78 is 0. The molecule has 0 aliphatic carbocycles. The van der Waals surface area contributed by atoms with Crippen LogP contribution in [0.4, 0.5) is 5.69 Å². The summed E-state index contributed by atoms with van der Waals surface area (Å²) in [5.41, 5.74) is 3.25. The molecule has 1 aliphatic rings. The fraction of sp³-hybridized carbons (Fsp3) is 0.333. The van der Waals surface area contributed by atoms with E-state index in [1.807, 2.05) is 37.3 Å². The highest BCUT2D eigenvalue weighted by molar-refractivity contribution is 6.11. The smallest absolute Gasteiger partial charge is 0.331 e. The molecule has 5 nitrogen and oxygen atoms in total. The number of rotatable bonds is 3. The van der Waals surface area contributed by atoms with Crippen LogP contribution in [0.25, 0.3) is 0 Å². The molecule has 0 fully saturated rings. The first-order valence-corrected chi connectivity index (χ1v) is 5.52. The van der Waals surface area contributed by atoms with Gasteiger partial charge < -0.3 is 5.11 Å². The third kappa shape index (κ3) is 1.78. The third-order valence-electron chi connectivity index (χ3n) is 3.06. The van der Waals surface area contributed by atoms with Crippen LogP contribution in [0.1, 0.15) is 20.3 Å². The van der Waals surface area contributed by atoms with E-state index < -0.39 is 11.5 Å². The zero-order valence-electron chi connectivity index (χ0n) is 9.84. The number of carboxylic acids is 1. The van der Waals surface area contributed by atoms with Gasteiger partial charge in [-0.2, -0.15) is 15.6 Å². The largest absolute Gasteiger partial charge is 0.480 e. The molecule has 90 valence electrons. The van der Waals surface area contributed by atoms with Gasteiger partial charge >= 0.3 is 5.97 Å². The van der Waals surface area contributed by atoms with Crippen LogP contribution in [0.2, 0.25) is 0 Å². The van der Waals surface area contributed by atoms with Gasteiger partial charge in [-0.15, -0.1) is 0 Å². The number of hydrazine groups is 1. The van der Waals surface area contributed by atoms with Gasteiger partial charge in [0.2, 0.25) is 0 Å². The van der Waals surface area contributed by atoms with E-state index >= 15 is 0 Å². The molecule has 1 aromatic carbocycles. The normalized spacial score (nSPS) is 23.6. The van der Waals surface area contributed by atoms with Crippen molar-refractivity contribution in [2.45, 2.75) is 25.8 Å². The Balaban J connectivity index is 2.32. The van der Waals surface area contributed by atoms with Crippen molar-refractivity contribution in [3.8, 4) is 0 Å². The highest BCUT2D eigenvalue weighted by atomic mass is 16.4. The number of hydrogen-bond donors (Lipinski definition) is 2. The highest BCUT2D eigenvalue weighted by Crippen LogP contribution is 2.24. The van der Waals surface area contributed by atoms with E-state index in [1.165, 1.54) is 5.12 Å². The maximum absolute atomic E-state index is 11.4. The fourth-order valence-electron chi connectivity index (χ4n) is 1.90. The summed E-state index contributed by atoms with van der Waals surface area (Å²) in [7, 11) is 0. The van der Waals surface area contributed by atoms with Gasteiger partial charge in [0.25, 0.3) is 0 Å². The summed E-state index contributed by atoms with van der Waals surface area (Å²) in [4.78, 5) is 11.4. The second-order valence-electron chi connectivity index (χ2n) is 4.01. The van der Waals surface area contributed by atoms with Crippen molar-refractivity contribution in [3.63, 3.8) is 0 Å². The Morgan fingerprint density at radius 3 is 2.59 bits per heavy atom. The van der Waals surface area contributed by atoms with Gasteiger partial charge in [0, 0.05) is 0 Å². The fourth-order valence-corrected chi connectivity index (χ4v) is 1.90.